The van der Waals surface area contributed by atoms with Crippen LogP contribution in [0.1, 0.15) is 25.7 Å². The smallest absolute Gasteiger partial charge is 0.317 e. The summed E-state index contributed by atoms with van der Waals surface area (Å²) in [5.41, 5.74) is 0. The van der Waals surface area contributed by atoms with E-state index >= 15 is 0 Å². The maximum absolute atomic E-state index is 11.6. The van der Waals surface area contributed by atoms with Crippen LogP contribution >= 0.6 is 15.6 Å². The number of phosphoric acid groups is 2. The molecule has 0 aromatic rings. The quantitative estimate of drug-likeness (QED) is 0.375. The molecule has 0 aromatic carbocycles. The van der Waals surface area contributed by atoms with Crippen molar-refractivity contribution in [3.8, 4) is 0 Å². The van der Waals surface area contributed by atoms with E-state index in [0.29, 0.717) is 32.2 Å². The topological polar surface area (TPSA) is 135 Å². The van der Waals surface area contributed by atoms with E-state index < -0.39 is 27.9 Å². The molecule has 0 amide bonds. The lowest BCUT2D eigenvalue weighted by molar-refractivity contribution is 0.0371. The summed E-state index contributed by atoms with van der Waals surface area (Å²) >= 11 is 0. The van der Waals surface area contributed by atoms with Gasteiger partial charge in [-0.2, -0.15) is 0 Å². The SMILES string of the molecule is CNCCOP(=O)(O)OC1CCC(OP(=O)(O)O)CC1. The molecule has 120 valence electrons. The highest BCUT2D eigenvalue weighted by Crippen LogP contribution is 2.47. The van der Waals surface area contributed by atoms with Crippen LogP contribution in [0.3, 0.4) is 0 Å². The molecule has 1 fully saturated rings. The van der Waals surface area contributed by atoms with Crippen LogP contribution in [-0.2, 0) is 22.7 Å². The van der Waals surface area contributed by atoms with Crippen molar-refractivity contribution in [3.05, 3.63) is 0 Å². The van der Waals surface area contributed by atoms with E-state index in [1.807, 2.05) is 0 Å². The highest BCUT2D eigenvalue weighted by molar-refractivity contribution is 7.47. The van der Waals surface area contributed by atoms with Crippen molar-refractivity contribution in [2.45, 2.75) is 37.9 Å². The second kappa shape index (κ2) is 7.98. The Bertz CT molecular complexity index is 378. The van der Waals surface area contributed by atoms with Crippen molar-refractivity contribution >= 4 is 15.6 Å². The van der Waals surface area contributed by atoms with E-state index in [2.05, 4.69) is 9.84 Å². The summed E-state index contributed by atoms with van der Waals surface area (Å²) in [6.07, 6.45) is 0.435. The van der Waals surface area contributed by atoms with E-state index in [9.17, 15) is 14.0 Å². The average molecular weight is 333 g/mol. The lowest BCUT2D eigenvalue weighted by Gasteiger charge is -2.29. The Balaban J connectivity index is 2.31. The summed E-state index contributed by atoms with van der Waals surface area (Å²) in [4.78, 5) is 26.9. The average Bonchev–Trinajstić information content (AvgIpc) is 2.30. The molecular formula is C9H21NO8P2. The van der Waals surface area contributed by atoms with Gasteiger partial charge < -0.3 is 20.0 Å². The Kier molecular flexibility index (Phi) is 7.28. The van der Waals surface area contributed by atoms with Crippen LogP contribution in [0.5, 0.6) is 0 Å². The third-order valence-corrected chi connectivity index (χ3v) is 4.44. The summed E-state index contributed by atoms with van der Waals surface area (Å²) < 4.78 is 36.6. The molecule has 1 aliphatic carbocycles. The van der Waals surface area contributed by atoms with Gasteiger partial charge in [0.25, 0.3) is 0 Å². The van der Waals surface area contributed by atoms with Crippen LogP contribution in [0.2, 0.25) is 0 Å². The van der Waals surface area contributed by atoms with Crippen LogP contribution in [-0.4, -0.2) is 47.1 Å². The van der Waals surface area contributed by atoms with Gasteiger partial charge in [-0.05, 0) is 32.7 Å². The molecule has 0 aromatic heterocycles. The minimum absolute atomic E-state index is 0.0565. The number of likely N-dealkylation sites (N-methyl/N-ethyl adjacent to an activating group) is 1. The fraction of sp³-hybridized carbons (Fsp3) is 1.00. The molecule has 4 N–H and O–H groups in total. The van der Waals surface area contributed by atoms with Crippen molar-refractivity contribution in [1.82, 2.24) is 5.32 Å². The number of hydrogen-bond donors (Lipinski definition) is 4. The molecule has 1 saturated carbocycles. The zero-order valence-corrected chi connectivity index (χ0v) is 13.0. The highest BCUT2D eigenvalue weighted by atomic mass is 31.2. The molecule has 9 nitrogen and oxygen atoms in total. The van der Waals surface area contributed by atoms with Gasteiger partial charge in [-0.25, -0.2) is 9.13 Å². The maximum atomic E-state index is 11.6. The summed E-state index contributed by atoms with van der Waals surface area (Å²) in [5.74, 6) is 0. The molecule has 1 aliphatic rings. The number of rotatable bonds is 8. The highest BCUT2D eigenvalue weighted by Gasteiger charge is 2.32. The molecular weight excluding hydrogens is 312 g/mol. The molecule has 1 atom stereocenters. The first kappa shape index (κ1) is 18.2. The van der Waals surface area contributed by atoms with Crippen molar-refractivity contribution in [3.63, 3.8) is 0 Å². The minimum atomic E-state index is -4.49. The second-order valence-electron chi connectivity index (χ2n) is 4.51. The predicted octanol–water partition coefficient (Wildman–Crippen LogP) is 0.760. The maximum Gasteiger partial charge on any atom is 0.472 e. The zero-order chi connectivity index (χ0) is 15.2. The van der Waals surface area contributed by atoms with Gasteiger partial charge in [0, 0.05) is 6.54 Å². The van der Waals surface area contributed by atoms with Crippen LogP contribution in [0.4, 0.5) is 0 Å². The van der Waals surface area contributed by atoms with Crippen LogP contribution < -0.4 is 5.32 Å². The molecule has 20 heavy (non-hydrogen) atoms. The van der Waals surface area contributed by atoms with E-state index in [1.165, 1.54) is 0 Å². The molecule has 11 heteroatoms. The van der Waals surface area contributed by atoms with Crippen molar-refractivity contribution < 1.29 is 37.4 Å². The molecule has 1 unspecified atom stereocenters. The lowest BCUT2D eigenvalue weighted by atomic mass is 9.95. The zero-order valence-electron chi connectivity index (χ0n) is 11.2. The van der Waals surface area contributed by atoms with E-state index in [4.69, 9.17) is 18.8 Å². The molecule has 0 heterocycles. The summed E-state index contributed by atoms with van der Waals surface area (Å²) in [6.45, 7) is 0.484. The normalized spacial score (nSPS) is 27.2. The van der Waals surface area contributed by atoms with Gasteiger partial charge in [0.15, 0.2) is 0 Å². The van der Waals surface area contributed by atoms with Crippen LogP contribution in [0, 0.1) is 0 Å². The predicted molar refractivity (Wildman–Crippen MR) is 70.0 cm³/mol. The Morgan fingerprint density at radius 1 is 1.05 bits per heavy atom. The van der Waals surface area contributed by atoms with Crippen molar-refractivity contribution in [2.24, 2.45) is 0 Å². The number of nitrogens with one attached hydrogen (secondary N) is 1. The lowest BCUT2D eigenvalue weighted by Crippen LogP contribution is -2.25. The van der Waals surface area contributed by atoms with E-state index in [0.717, 1.165) is 0 Å². The fourth-order valence-corrected chi connectivity index (χ4v) is 3.49. The Labute approximate surface area is 117 Å². The van der Waals surface area contributed by atoms with Gasteiger partial charge in [0.05, 0.1) is 18.8 Å². The molecule has 1 rings (SSSR count). The van der Waals surface area contributed by atoms with Gasteiger partial charge in [-0.3, -0.25) is 13.6 Å². The Hall–Kier alpha value is 0.180. The van der Waals surface area contributed by atoms with Gasteiger partial charge >= 0.3 is 15.6 Å². The van der Waals surface area contributed by atoms with E-state index in [1.54, 1.807) is 7.05 Å². The first-order chi connectivity index (χ1) is 9.22. The minimum Gasteiger partial charge on any atom is -0.317 e. The van der Waals surface area contributed by atoms with Crippen molar-refractivity contribution in [2.75, 3.05) is 20.2 Å². The first-order valence-corrected chi connectivity index (χ1v) is 9.29. The third kappa shape index (κ3) is 7.83. The molecule has 0 saturated heterocycles. The second-order valence-corrected chi connectivity index (χ2v) is 7.10. The van der Waals surface area contributed by atoms with Gasteiger partial charge in [0.1, 0.15) is 0 Å². The van der Waals surface area contributed by atoms with Crippen LogP contribution in [0.25, 0.3) is 0 Å². The van der Waals surface area contributed by atoms with Crippen molar-refractivity contribution in [1.29, 1.82) is 0 Å². The number of hydrogen-bond acceptors (Lipinski definition) is 6. The first-order valence-electron chi connectivity index (χ1n) is 6.26. The summed E-state index contributed by atoms with van der Waals surface area (Å²) in [7, 11) is -6.89. The molecule has 0 spiro atoms. The molecule has 0 bridgehead atoms. The largest absolute Gasteiger partial charge is 0.472 e. The Morgan fingerprint density at radius 3 is 2.00 bits per heavy atom. The summed E-state index contributed by atoms with van der Waals surface area (Å²) in [6, 6.07) is 0. The summed E-state index contributed by atoms with van der Waals surface area (Å²) in [5, 5.41) is 2.77. The molecule has 0 aliphatic heterocycles. The molecule has 0 radical (unpaired) electrons. The van der Waals surface area contributed by atoms with Gasteiger partial charge in [-0.1, -0.05) is 0 Å². The monoisotopic (exact) mass is 333 g/mol. The number of phosphoric ester groups is 2. The van der Waals surface area contributed by atoms with Gasteiger partial charge in [0.2, 0.25) is 0 Å². The fourth-order valence-electron chi connectivity index (χ4n) is 1.92. The third-order valence-electron chi connectivity index (χ3n) is 2.80. The van der Waals surface area contributed by atoms with Gasteiger partial charge in [-0.15, -0.1) is 0 Å². The van der Waals surface area contributed by atoms with E-state index in [-0.39, 0.29) is 6.61 Å². The standard InChI is InChI=1S/C9H21NO8P2/c1-10-6-7-16-20(14,15)18-9-4-2-8(3-5-9)17-19(11,12)13/h8-10H,2-7H2,1H3,(H,14,15)(H2,11,12,13). The van der Waals surface area contributed by atoms with Crippen LogP contribution in [0.15, 0.2) is 0 Å². The Morgan fingerprint density at radius 2 is 1.55 bits per heavy atom.